The van der Waals surface area contributed by atoms with E-state index in [0.717, 1.165) is 5.46 Å². The van der Waals surface area contributed by atoms with Gasteiger partial charge in [0.15, 0.2) is 12.8 Å². The van der Waals surface area contributed by atoms with Crippen LogP contribution < -0.4 is 11.0 Å². The van der Waals surface area contributed by atoms with Crippen LogP contribution in [0.1, 0.15) is 5.56 Å². The number of hydrogen-bond donors (Lipinski definition) is 1. The smallest absolute Gasteiger partial charge is 0.298 e. The summed E-state index contributed by atoms with van der Waals surface area (Å²) in [6.45, 7) is 3.57. The molecule has 0 bridgehead atoms. The summed E-state index contributed by atoms with van der Waals surface area (Å²) in [6.07, 6.45) is 1.18. The van der Waals surface area contributed by atoms with Crippen LogP contribution >= 0.6 is 0 Å². The first-order valence-corrected chi connectivity index (χ1v) is 5.20. The Kier molecular flexibility index (Phi) is 2.67. The largest absolute Gasteiger partial charge is 0.313 e. The van der Waals surface area contributed by atoms with Crippen molar-refractivity contribution in [3.8, 4) is 0 Å². The molecule has 0 amide bonds. The lowest BCUT2D eigenvalue weighted by molar-refractivity contribution is -0.383. The van der Waals surface area contributed by atoms with E-state index in [1.807, 2.05) is 6.82 Å². The molecule has 6 nitrogen and oxygen atoms in total. The van der Waals surface area contributed by atoms with Crippen molar-refractivity contribution in [2.45, 2.75) is 13.7 Å². The first kappa shape index (κ1) is 11.3. The van der Waals surface area contributed by atoms with Crippen molar-refractivity contribution in [2.75, 3.05) is 0 Å². The molecule has 1 heterocycles. The van der Waals surface area contributed by atoms with Gasteiger partial charge in [-0.25, -0.2) is 4.98 Å². The Hall–Kier alpha value is -2.18. The molecule has 0 atom stereocenters. The Balaban J connectivity index is 3.02. The quantitative estimate of drug-likeness (QED) is 0.455. The van der Waals surface area contributed by atoms with Gasteiger partial charge in [0.25, 0.3) is 11.2 Å². The van der Waals surface area contributed by atoms with Gasteiger partial charge >= 0.3 is 0 Å². The highest BCUT2D eigenvalue weighted by molar-refractivity contribution is 6.53. The van der Waals surface area contributed by atoms with Crippen molar-refractivity contribution in [1.29, 1.82) is 0 Å². The number of benzene rings is 1. The zero-order valence-corrected chi connectivity index (χ0v) is 9.48. The first-order chi connectivity index (χ1) is 8.06. The average molecular weight is 231 g/mol. The zero-order chi connectivity index (χ0) is 12.6. The van der Waals surface area contributed by atoms with Gasteiger partial charge in [0, 0.05) is 5.56 Å². The van der Waals surface area contributed by atoms with E-state index in [4.69, 9.17) is 0 Å². The molecule has 17 heavy (non-hydrogen) atoms. The lowest BCUT2D eigenvalue weighted by Crippen LogP contribution is -2.20. The van der Waals surface area contributed by atoms with Crippen molar-refractivity contribution >= 4 is 29.3 Å². The van der Waals surface area contributed by atoms with Crippen LogP contribution in [0.15, 0.2) is 17.2 Å². The fourth-order valence-electron chi connectivity index (χ4n) is 1.94. The van der Waals surface area contributed by atoms with Crippen LogP contribution in [0.5, 0.6) is 0 Å². The van der Waals surface area contributed by atoms with Gasteiger partial charge in [-0.05, 0) is 6.92 Å². The standard InChI is InChI=1S/C10H10BN3O3/c1-5-7(11-2)3-6-8(9(5)14(16)17)12-4-13-10(6)15/h3-4,11H,1-2H3,(H,12,13,15). The molecule has 7 heteroatoms. The summed E-state index contributed by atoms with van der Waals surface area (Å²) in [5.74, 6) is 0. The van der Waals surface area contributed by atoms with E-state index in [9.17, 15) is 14.9 Å². The van der Waals surface area contributed by atoms with Crippen molar-refractivity contribution < 1.29 is 4.92 Å². The highest BCUT2D eigenvalue weighted by Gasteiger charge is 2.21. The number of aromatic nitrogens is 2. The van der Waals surface area contributed by atoms with E-state index in [0.29, 0.717) is 12.8 Å². The van der Waals surface area contributed by atoms with Gasteiger partial charge in [-0.3, -0.25) is 14.9 Å². The van der Waals surface area contributed by atoms with E-state index >= 15 is 0 Å². The van der Waals surface area contributed by atoms with Crippen LogP contribution in [0, 0.1) is 17.0 Å². The molecule has 2 aromatic rings. The first-order valence-electron chi connectivity index (χ1n) is 5.20. The fraction of sp³-hybridized carbons (Fsp3) is 0.200. The minimum Gasteiger partial charge on any atom is -0.313 e. The molecule has 2 rings (SSSR count). The van der Waals surface area contributed by atoms with Crippen LogP contribution in [0.2, 0.25) is 6.82 Å². The molecule has 1 aromatic carbocycles. The Bertz CT molecular complexity index is 666. The monoisotopic (exact) mass is 231 g/mol. The molecule has 0 aliphatic carbocycles. The predicted octanol–water partition coefficient (Wildman–Crippen LogP) is 0.250. The molecule has 86 valence electrons. The summed E-state index contributed by atoms with van der Waals surface area (Å²) in [4.78, 5) is 28.5. The second-order valence-corrected chi connectivity index (χ2v) is 3.75. The summed E-state index contributed by atoms with van der Waals surface area (Å²) in [5, 5.41) is 11.3. The Morgan fingerprint density at radius 2 is 2.24 bits per heavy atom. The third-order valence-corrected chi connectivity index (χ3v) is 2.83. The molecule has 0 aliphatic rings. The summed E-state index contributed by atoms with van der Waals surface area (Å²) in [7, 11) is 0.636. The van der Waals surface area contributed by atoms with Crippen LogP contribution in [0.3, 0.4) is 0 Å². The maximum Gasteiger partial charge on any atom is 0.298 e. The molecule has 1 N–H and O–H groups in total. The van der Waals surface area contributed by atoms with Crippen LogP contribution in [-0.4, -0.2) is 22.2 Å². The van der Waals surface area contributed by atoms with Crippen LogP contribution in [0.4, 0.5) is 5.69 Å². The second kappa shape index (κ2) is 4.01. The summed E-state index contributed by atoms with van der Waals surface area (Å²) in [5.41, 5.74) is 1.08. The molecule has 0 saturated carbocycles. The minimum atomic E-state index is -0.483. The number of nitrogens with one attached hydrogen (secondary N) is 1. The fourth-order valence-corrected chi connectivity index (χ4v) is 1.94. The Morgan fingerprint density at radius 1 is 1.53 bits per heavy atom. The van der Waals surface area contributed by atoms with Gasteiger partial charge in [0.1, 0.15) is 0 Å². The minimum absolute atomic E-state index is 0.0783. The number of hydrogen-bond acceptors (Lipinski definition) is 4. The van der Waals surface area contributed by atoms with Gasteiger partial charge in [-0.15, -0.1) is 0 Å². The maximum atomic E-state index is 11.6. The van der Waals surface area contributed by atoms with Gasteiger partial charge < -0.3 is 4.98 Å². The number of nitro groups is 1. The van der Waals surface area contributed by atoms with Crippen molar-refractivity contribution in [3.05, 3.63) is 38.4 Å². The van der Waals surface area contributed by atoms with E-state index in [2.05, 4.69) is 9.97 Å². The zero-order valence-electron chi connectivity index (χ0n) is 9.48. The highest BCUT2D eigenvalue weighted by Crippen LogP contribution is 2.23. The Morgan fingerprint density at radius 3 is 2.82 bits per heavy atom. The average Bonchev–Trinajstić information content (AvgIpc) is 2.28. The van der Waals surface area contributed by atoms with Crippen molar-refractivity contribution in [3.63, 3.8) is 0 Å². The topological polar surface area (TPSA) is 88.9 Å². The molecular weight excluding hydrogens is 221 g/mol. The van der Waals surface area contributed by atoms with E-state index in [-0.39, 0.29) is 22.1 Å². The maximum absolute atomic E-state index is 11.6. The molecule has 0 radical (unpaired) electrons. The van der Waals surface area contributed by atoms with Crippen LogP contribution in [0.25, 0.3) is 10.9 Å². The third-order valence-electron chi connectivity index (χ3n) is 2.83. The number of rotatable bonds is 2. The normalized spacial score (nSPS) is 10.5. The molecule has 0 unspecified atom stereocenters. The summed E-state index contributed by atoms with van der Waals surface area (Å²) in [6, 6.07) is 1.67. The number of nitrogens with zero attached hydrogens (tertiary/aromatic N) is 2. The van der Waals surface area contributed by atoms with Gasteiger partial charge in [-0.1, -0.05) is 18.4 Å². The SMILES string of the molecule is CBc1cc2c(=O)[nH]cnc2c([N+](=O)[O-])c1C. The number of H-pyrrole nitrogens is 1. The summed E-state index contributed by atoms with van der Waals surface area (Å²) < 4.78 is 0. The lowest BCUT2D eigenvalue weighted by atomic mass is 9.70. The Labute approximate surface area is 97.1 Å². The molecule has 0 fully saturated rings. The predicted molar refractivity (Wildman–Crippen MR) is 66.4 cm³/mol. The van der Waals surface area contributed by atoms with E-state index < -0.39 is 4.92 Å². The van der Waals surface area contributed by atoms with E-state index in [1.54, 1.807) is 13.0 Å². The van der Waals surface area contributed by atoms with Crippen molar-refractivity contribution in [2.24, 2.45) is 0 Å². The molecule has 0 spiro atoms. The van der Waals surface area contributed by atoms with E-state index in [1.165, 1.54) is 6.33 Å². The third kappa shape index (κ3) is 1.69. The molecule has 0 saturated heterocycles. The number of fused-ring (bicyclic) bond motifs is 1. The van der Waals surface area contributed by atoms with Crippen LogP contribution in [-0.2, 0) is 0 Å². The van der Waals surface area contributed by atoms with Gasteiger partial charge in [0.05, 0.1) is 16.6 Å². The molecule has 1 aromatic heterocycles. The highest BCUT2D eigenvalue weighted by atomic mass is 16.6. The molecular formula is C10H10BN3O3. The van der Waals surface area contributed by atoms with Gasteiger partial charge in [-0.2, -0.15) is 0 Å². The second-order valence-electron chi connectivity index (χ2n) is 3.75. The summed E-state index contributed by atoms with van der Waals surface area (Å²) >= 11 is 0. The lowest BCUT2D eigenvalue weighted by Gasteiger charge is -2.06. The molecule has 0 aliphatic heterocycles. The number of nitro benzene ring substituents is 1. The number of aromatic amines is 1. The van der Waals surface area contributed by atoms with Crippen molar-refractivity contribution in [1.82, 2.24) is 9.97 Å². The van der Waals surface area contributed by atoms with Gasteiger partial charge in [0.2, 0.25) is 0 Å².